The summed E-state index contributed by atoms with van der Waals surface area (Å²) in [6.07, 6.45) is 1.12. The summed E-state index contributed by atoms with van der Waals surface area (Å²) in [5.41, 5.74) is 0.288. The standard InChI is InChI=1S/C13H13NO4S2/c1-2-18-11-6-3-5-10(13(11)15)9-14-20(16,17)12-7-4-8-19-12/h3-9,15H,2H2,1H3/b14-9-. The molecule has 2 aromatic rings. The average molecular weight is 311 g/mol. The number of rotatable bonds is 5. The summed E-state index contributed by atoms with van der Waals surface area (Å²) < 4.78 is 32.7. The Labute approximate surface area is 121 Å². The van der Waals surface area contributed by atoms with E-state index in [0.29, 0.717) is 12.4 Å². The molecule has 2 rings (SSSR count). The Morgan fingerprint density at radius 3 is 2.80 bits per heavy atom. The number of hydrogen-bond acceptors (Lipinski definition) is 5. The zero-order valence-electron chi connectivity index (χ0n) is 10.7. The highest BCUT2D eigenvalue weighted by atomic mass is 32.2. The highest BCUT2D eigenvalue weighted by molar-refractivity contribution is 7.92. The van der Waals surface area contributed by atoms with Gasteiger partial charge in [0, 0.05) is 5.56 Å². The number of ether oxygens (including phenoxy) is 1. The molecular formula is C13H13NO4S2. The third-order valence-electron chi connectivity index (χ3n) is 2.41. The van der Waals surface area contributed by atoms with Gasteiger partial charge in [0.05, 0.1) is 12.8 Å². The van der Waals surface area contributed by atoms with E-state index in [1.165, 1.54) is 6.07 Å². The molecule has 0 atom stereocenters. The van der Waals surface area contributed by atoms with Crippen molar-refractivity contribution in [2.24, 2.45) is 4.40 Å². The van der Waals surface area contributed by atoms with Crippen LogP contribution in [0.5, 0.6) is 11.5 Å². The first-order chi connectivity index (χ1) is 9.54. The van der Waals surface area contributed by atoms with Gasteiger partial charge in [-0.15, -0.1) is 11.3 Å². The molecule has 0 saturated heterocycles. The van der Waals surface area contributed by atoms with E-state index in [2.05, 4.69) is 4.40 Å². The average Bonchev–Trinajstić information content (AvgIpc) is 2.95. The van der Waals surface area contributed by atoms with E-state index in [4.69, 9.17) is 4.74 Å². The maximum absolute atomic E-state index is 11.9. The van der Waals surface area contributed by atoms with Crippen LogP contribution in [0.2, 0.25) is 0 Å². The van der Waals surface area contributed by atoms with Crippen molar-refractivity contribution < 1.29 is 18.3 Å². The van der Waals surface area contributed by atoms with Crippen molar-refractivity contribution in [1.29, 1.82) is 0 Å². The smallest absolute Gasteiger partial charge is 0.291 e. The fourth-order valence-corrected chi connectivity index (χ4v) is 3.34. The largest absolute Gasteiger partial charge is 0.504 e. The zero-order chi connectivity index (χ0) is 14.6. The Kier molecular flexibility index (Phi) is 4.41. The number of phenolic OH excluding ortho intramolecular Hbond substituents is 1. The van der Waals surface area contributed by atoms with Crippen LogP contribution in [0.4, 0.5) is 0 Å². The van der Waals surface area contributed by atoms with Crippen molar-refractivity contribution in [2.45, 2.75) is 11.1 Å². The highest BCUT2D eigenvalue weighted by Gasteiger charge is 2.13. The maximum atomic E-state index is 11.9. The second-order valence-electron chi connectivity index (χ2n) is 3.77. The van der Waals surface area contributed by atoms with Gasteiger partial charge in [-0.2, -0.15) is 12.8 Å². The fourth-order valence-electron chi connectivity index (χ4n) is 1.50. The minimum atomic E-state index is -3.72. The van der Waals surface area contributed by atoms with Gasteiger partial charge >= 0.3 is 0 Å². The SMILES string of the molecule is CCOc1cccc(/C=N\S(=O)(=O)c2cccs2)c1O. The molecule has 1 aromatic carbocycles. The summed E-state index contributed by atoms with van der Waals surface area (Å²) in [6.45, 7) is 2.20. The quantitative estimate of drug-likeness (QED) is 0.861. The third kappa shape index (κ3) is 3.17. The molecule has 0 saturated carbocycles. The molecule has 0 amide bonds. The number of para-hydroxylation sites is 1. The first kappa shape index (κ1) is 14.5. The Morgan fingerprint density at radius 1 is 1.35 bits per heavy atom. The molecule has 1 aromatic heterocycles. The fraction of sp³-hybridized carbons (Fsp3) is 0.154. The van der Waals surface area contributed by atoms with Gasteiger partial charge in [0.1, 0.15) is 4.21 Å². The van der Waals surface area contributed by atoms with Crippen molar-refractivity contribution >= 4 is 27.6 Å². The van der Waals surface area contributed by atoms with Crippen LogP contribution in [0, 0.1) is 0 Å². The van der Waals surface area contributed by atoms with Crippen LogP contribution in [0.15, 0.2) is 44.3 Å². The lowest BCUT2D eigenvalue weighted by atomic mass is 10.2. The van der Waals surface area contributed by atoms with Crippen molar-refractivity contribution in [3.8, 4) is 11.5 Å². The predicted octanol–water partition coefficient (Wildman–Crippen LogP) is 2.66. The first-order valence-corrected chi connectivity index (χ1v) is 8.15. The first-order valence-electron chi connectivity index (χ1n) is 5.83. The molecule has 1 N–H and O–H groups in total. The van der Waals surface area contributed by atoms with E-state index in [9.17, 15) is 13.5 Å². The highest BCUT2D eigenvalue weighted by Crippen LogP contribution is 2.29. The van der Waals surface area contributed by atoms with E-state index in [1.54, 1.807) is 36.6 Å². The summed E-state index contributed by atoms with van der Waals surface area (Å²) >= 11 is 1.09. The molecule has 0 aliphatic carbocycles. The molecule has 0 spiro atoms. The molecule has 0 unspecified atom stereocenters. The molecule has 7 heteroatoms. The number of thiophene rings is 1. The number of aromatic hydroxyl groups is 1. The minimum absolute atomic E-state index is 0.125. The topological polar surface area (TPSA) is 76.0 Å². The number of phenols is 1. The van der Waals surface area contributed by atoms with Crippen molar-refractivity contribution in [3.05, 3.63) is 41.3 Å². The molecular weight excluding hydrogens is 298 g/mol. The summed E-state index contributed by atoms with van der Waals surface area (Å²) in [4.78, 5) is 0. The van der Waals surface area contributed by atoms with Crippen LogP contribution >= 0.6 is 11.3 Å². The van der Waals surface area contributed by atoms with Gasteiger partial charge in [0.15, 0.2) is 11.5 Å². The summed E-state index contributed by atoms with van der Waals surface area (Å²) in [6, 6.07) is 7.94. The van der Waals surface area contributed by atoms with Crippen LogP contribution in [-0.4, -0.2) is 26.3 Å². The van der Waals surface area contributed by atoms with Gasteiger partial charge in [-0.25, -0.2) is 0 Å². The second-order valence-corrected chi connectivity index (χ2v) is 6.58. The normalized spacial score (nSPS) is 11.8. The molecule has 0 fully saturated rings. The van der Waals surface area contributed by atoms with E-state index in [1.807, 2.05) is 0 Å². The molecule has 5 nitrogen and oxygen atoms in total. The Balaban J connectivity index is 2.31. The third-order valence-corrected chi connectivity index (χ3v) is 5.02. The molecule has 0 aliphatic rings. The van der Waals surface area contributed by atoms with Gasteiger partial charge in [-0.3, -0.25) is 0 Å². The Morgan fingerprint density at radius 2 is 2.15 bits per heavy atom. The van der Waals surface area contributed by atoms with E-state index in [-0.39, 0.29) is 15.5 Å². The molecule has 1 heterocycles. The predicted molar refractivity (Wildman–Crippen MR) is 78.4 cm³/mol. The van der Waals surface area contributed by atoms with Gasteiger partial charge in [0.2, 0.25) is 0 Å². The molecule has 0 aliphatic heterocycles. The lowest BCUT2D eigenvalue weighted by molar-refractivity contribution is 0.318. The van der Waals surface area contributed by atoms with Crippen LogP contribution in [-0.2, 0) is 10.0 Å². The number of benzene rings is 1. The van der Waals surface area contributed by atoms with Crippen LogP contribution in [0.3, 0.4) is 0 Å². The van der Waals surface area contributed by atoms with Crippen LogP contribution in [0.1, 0.15) is 12.5 Å². The maximum Gasteiger partial charge on any atom is 0.291 e. The van der Waals surface area contributed by atoms with E-state index in [0.717, 1.165) is 17.6 Å². The lowest BCUT2D eigenvalue weighted by Gasteiger charge is -2.06. The van der Waals surface area contributed by atoms with Crippen molar-refractivity contribution in [3.63, 3.8) is 0 Å². The molecule has 20 heavy (non-hydrogen) atoms. The van der Waals surface area contributed by atoms with Gasteiger partial charge in [0.25, 0.3) is 10.0 Å². The molecule has 0 bridgehead atoms. The second kappa shape index (κ2) is 6.06. The Hall–Kier alpha value is -1.86. The minimum Gasteiger partial charge on any atom is -0.504 e. The monoisotopic (exact) mass is 311 g/mol. The lowest BCUT2D eigenvalue weighted by Crippen LogP contribution is -1.96. The van der Waals surface area contributed by atoms with Crippen molar-refractivity contribution in [2.75, 3.05) is 6.61 Å². The van der Waals surface area contributed by atoms with Crippen molar-refractivity contribution in [1.82, 2.24) is 0 Å². The van der Waals surface area contributed by atoms with Crippen LogP contribution < -0.4 is 4.74 Å². The summed E-state index contributed by atoms with van der Waals surface area (Å²) in [7, 11) is -3.72. The van der Waals surface area contributed by atoms with E-state index < -0.39 is 10.0 Å². The van der Waals surface area contributed by atoms with Gasteiger partial charge < -0.3 is 9.84 Å². The van der Waals surface area contributed by atoms with Gasteiger partial charge in [-0.05, 0) is 30.5 Å². The number of hydrogen-bond donors (Lipinski definition) is 1. The summed E-state index contributed by atoms with van der Waals surface area (Å²) in [5, 5.41) is 11.6. The summed E-state index contributed by atoms with van der Waals surface area (Å²) in [5.74, 6) is 0.171. The van der Waals surface area contributed by atoms with Crippen LogP contribution in [0.25, 0.3) is 0 Å². The molecule has 106 valence electrons. The Bertz CT molecular complexity index is 706. The number of nitrogens with zero attached hydrogens (tertiary/aromatic N) is 1. The van der Waals surface area contributed by atoms with E-state index >= 15 is 0 Å². The van der Waals surface area contributed by atoms with Gasteiger partial charge in [-0.1, -0.05) is 12.1 Å². The molecule has 0 radical (unpaired) electrons. The zero-order valence-corrected chi connectivity index (χ0v) is 12.3. The number of sulfonamides is 1.